The van der Waals surface area contributed by atoms with E-state index in [0.717, 1.165) is 42.7 Å². The number of halogens is 3. The maximum absolute atomic E-state index is 13.0. The third-order valence-electron chi connectivity index (χ3n) is 5.63. The highest BCUT2D eigenvalue weighted by Crippen LogP contribution is 2.32. The van der Waals surface area contributed by atoms with E-state index in [1.165, 1.54) is 12.1 Å². The van der Waals surface area contributed by atoms with Crippen LogP contribution in [0, 0.1) is 0 Å². The van der Waals surface area contributed by atoms with Gasteiger partial charge in [-0.15, -0.1) is 0 Å². The molecule has 178 valence electrons. The van der Waals surface area contributed by atoms with Gasteiger partial charge in [-0.1, -0.05) is 48.5 Å². The van der Waals surface area contributed by atoms with Gasteiger partial charge in [0.25, 0.3) is 5.91 Å². The van der Waals surface area contributed by atoms with Crippen molar-refractivity contribution in [1.29, 1.82) is 0 Å². The Balaban J connectivity index is 1.40. The number of aromatic nitrogens is 1. The van der Waals surface area contributed by atoms with E-state index >= 15 is 0 Å². The van der Waals surface area contributed by atoms with Crippen molar-refractivity contribution in [2.75, 3.05) is 11.1 Å². The summed E-state index contributed by atoms with van der Waals surface area (Å²) in [5.41, 5.74) is 9.20. The van der Waals surface area contributed by atoms with Crippen molar-refractivity contribution in [3.8, 4) is 11.1 Å². The molecule has 3 N–H and O–H groups in total. The van der Waals surface area contributed by atoms with Crippen LogP contribution in [-0.2, 0) is 19.0 Å². The molecule has 1 aromatic heterocycles. The predicted molar refractivity (Wildman–Crippen MR) is 132 cm³/mol. The van der Waals surface area contributed by atoms with Crippen molar-refractivity contribution in [2.24, 2.45) is 0 Å². The molecule has 3 aromatic carbocycles. The Morgan fingerprint density at radius 1 is 0.829 bits per heavy atom. The first-order valence-corrected chi connectivity index (χ1v) is 11.2. The molecule has 0 saturated heterocycles. The summed E-state index contributed by atoms with van der Waals surface area (Å²) in [5, 5.41) is 2.88. The molecule has 0 aliphatic carbocycles. The van der Waals surface area contributed by atoms with Gasteiger partial charge in [0.05, 0.1) is 5.56 Å². The van der Waals surface area contributed by atoms with Crippen LogP contribution < -0.4 is 11.1 Å². The largest absolute Gasteiger partial charge is 0.416 e. The zero-order chi connectivity index (χ0) is 24.8. The Labute approximate surface area is 201 Å². The van der Waals surface area contributed by atoms with E-state index in [1.54, 1.807) is 30.3 Å². The first-order valence-electron chi connectivity index (χ1n) is 11.2. The minimum absolute atomic E-state index is 0.332. The summed E-state index contributed by atoms with van der Waals surface area (Å²) in [6.07, 6.45) is -1.80. The van der Waals surface area contributed by atoms with E-state index in [0.29, 0.717) is 28.2 Å². The molecule has 0 aliphatic heterocycles. The second-order valence-electron chi connectivity index (χ2n) is 8.18. The number of benzene rings is 3. The topological polar surface area (TPSA) is 68.0 Å². The van der Waals surface area contributed by atoms with Crippen LogP contribution in [0.2, 0.25) is 0 Å². The number of carbonyl (C=O) groups is 1. The quantitative estimate of drug-likeness (QED) is 0.310. The van der Waals surface area contributed by atoms with Crippen molar-refractivity contribution in [3.63, 3.8) is 0 Å². The maximum atomic E-state index is 13.0. The summed E-state index contributed by atoms with van der Waals surface area (Å²) in [6, 6.07) is 24.9. The lowest BCUT2D eigenvalue weighted by atomic mass is 9.98. The Morgan fingerprint density at radius 3 is 2.23 bits per heavy atom. The maximum Gasteiger partial charge on any atom is 0.416 e. The number of amides is 1. The first-order chi connectivity index (χ1) is 16.8. The number of pyridine rings is 1. The fourth-order valence-corrected chi connectivity index (χ4v) is 3.84. The number of nitrogen functional groups attached to an aromatic ring is 1. The van der Waals surface area contributed by atoms with E-state index < -0.39 is 11.7 Å². The molecule has 35 heavy (non-hydrogen) atoms. The molecule has 0 atom stereocenters. The second-order valence-corrected chi connectivity index (χ2v) is 8.18. The van der Waals surface area contributed by atoms with Crippen molar-refractivity contribution >= 4 is 17.4 Å². The predicted octanol–water partition coefficient (Wildman–Crippen LogP) is 6.78. The summed E-state index contributed by atoms with van der Waals surface area (Å²) in [5.74, 6) is 0.184. The highest BCUT2D eigenvalue weighted by molar-refractivity contribution is 6.08. The number of nitrogens with one attached hydrogen (secondary N) is 1. The van der Waals surface area contributed by atoms with Gasteiger partial charge in [0, 0.05) is 16.9 Å². The van der Waals surface area contributed by atoms with Crippen LogP contribution in [-0.4, -0.2) is 10.9 Å². The number of nitrogens with zero attached hydrogens (tertiary/aromatic N) is 1. The zero-order valence-corrected chi connectivity index (χ0v) is 18.8. The fraction of sp³-hybridized carbons (Fsp3) is 0.143. The molecule has 0 spiro atoms. The molecule has 0 aliphatic rings. The Bertz CT molecular complexity index is 1300. The normalized spacial score (nSPS) is 11.3. The monoisotopic (exact) mass is 475 g/mol. The van der Waals surface area contributed by atoms with E-state index in [2.05, 4.69) is 10.3 Å². The van der Waals surface area contributed by atoms with E-state index in [1.807, 2.05) is 36.4 Å². The Hall–Kier alpha value is -4.13. The van der Waals surface area contributed by atoms with Crippen LogP contribution in [0.25, 0.3) is 11.1 Å². The summed E-state index contributed by atoms with van der Waals surface area (Å²) < 4.78 is 38.7. The fourth-order valence-electron chi connectivity index (χ4n) is 3.84. The average Bonchev–Trinajstić information content (AvgIpc) is 2.85. The lowest BCUT2D eigenvalue weighted by molar-refractivity contribution is -0.137. The van der Waals surface area contributed by atoms with E-state index in [-0.39, 0.29) is 5.91 Å². The third-order valence-corrected chi connectivity index (χ3v) is 5.63. The van der Waals surface area contributed by atoms with Crippen molar-refractivity contribution in [1.82, 2.24) is 4.98 Å². The molecular formula is C28H24F3N3O. The van der Waals surface area contributed by atoms with Crippen molar-refractivity contribution in [3.05, 3.63) is 113 Å². The van der Waals surface area contributed by atoms with Crippen molar-refractivity contribution in [2.45, 2.75) is 25.4 Å². The van der Waals surface area contributed by atoms with Gasteiger partial charge in [0.1, 0.15) is 5.82 Å². The molecule has 0 radical (unpaired) electrons. The number of aryl methyl sites for hydroxylation is 2. The Morgan fingerprint density at radius 2 is 1.54 bits per heavy atom. The van der Waals surface area contributed by atoms with Crippen LogP contribution in [0.5, 0.6) is 0 Å². The molecule has 1 heterocycles. The van der Waals surface area contributed by atoms with Gasteiger partial charge in [-0.2, -0.15) is 13.2 Å². The molecule has 4 nitrogen and oxygen atoms in total. The van der Waals surface area contributed by atoms with Gasteiger partial charge < -0.3 is 11.1 Å². The smallest absolute Gasteiger partial charge is 0.384 e. The summed E-state index contributed by atoms with van der Waals surface area (Å²) in [6.45, 7) is 0. The zero-order valence-electron chi connectivity index (χ0n) is 18.8. The standard InChI is InChI=1S/C28H24F3N3O/c29-28(30,31)21-15-13-20(14-16-21)24-8-1-2-9-25(24)27(35)34-23-17-11-19(12-18-23)5-3-6-22-7-4-10-26(32)33-22/h1-2,4,7-18H,3,5-6H2,(H2,32,33)(H,34,35). The Kier molecular flexibility index (Phi) is 7.15. The van der Waals surface area contributed by atoms with Gasteiger partial charge in [-0.25, -0.2) is 4.98 Å². The van der Waals surface area contributed by atoms with Gasteiger partial charge in [-0.3, -0.25) is 4.79 Å². The minimum atomic E-state index is -4.41. The van der Waals surface area contributed by atoms with Crippen LogP contribution in [0.4, 0.5) is 24.7 Å². The van der Waals surface area contributed by atoms with E-state index in [9.17, 15) is 18.0 Å². The van der Waals surface area contributed by atoms with Crippen LogP contribution >= 0.6 is 0 Å². The highest BCUT2D eigenvalue weighted by Gasteiger charge is 2.30. The molecule has 1 amide bonds. The van der Waals surface area contributed by atoms with Crippen LogP contribution in [0.1, 0.15) is 33.6 Å². The molecular weight excluding hydrogens is 451 g/mol. The third kappa shape index (κ3) is 6.26. The van der Waals surface area contributed by atoms with Crippen LogP contribution in [0.15, 0.2) is 91.0 Å². The van der Waals surface area contributed by atoms with Gasteiger partial charge in [0.2, 0.25) is 0 Å². The molecule has 4 rings (SSSR count). The van der Waals surface area contributed by atoms with Crippen molar-refractivity contribution < 1.29 is 18.0 Å². The number of anilines is 2. The summed E-state index contributed by atoms with van der Waals surface area (Å²) >= 11 is 0. The molecule has 0 unspecified atom stereocenters. The summed E-state index contributed by atoms with van der Waals surface area (Å²) in [7, 11) is 0. The number of hydrogen-bond donors (Lipinski definition) is 2. The van der Waals surface area contributed by atoms with Crippen LogP contribution in [0.3, 0.4) is 0 Å². The lowest BCUT2D eigenvalue weighted by Gasteiger charge is -2.12. The molecule has 4 aromatic rings. The number of nitrogens with two attached hydrogens (primary N) is 1. The molecule has 0 fully saturated rings. The molecule has 7 heteroatoms. The number of carbonyl (C=O) groups excluding carboxylic acids is 1. The van der Waals surface area contributed by atoms with Gasteiger partial charge >= 0.3 is 6.18 Å². The van der Waals surface area contributed by atoms with Gasteiger partial charge in [-0.05, 0) is 78.4 Å². The average molecular weight is 476 g/mol. The minimum Gasteiger partial charge on any atom is -0.384 e. The highest BCUT2D eigenvalue weighted by atomic mass is 19.4. The SMILES string of the molecule is Nc1cccc(CCCc2ccc(NC(=O)c3ccccc3-c3ccc(C(F)(F)F)cc3)cc2)n1. The first kappa shape index (κ1) is 24.0. The number of hydrogen-bond acceptors (Lipinski definition) is 3. The second kappa shape index (κ2) is 10.4. The number of alkyl halides is 3. The molecule has 0 bridgehead atoms. The lowest BCUT2D eigenvalue weighted by Crippen LogP contribution is -2.13. The summed E-state index contributed by atoms with van der Waals surface area (Å²) in [4.78, 5) is 17.3. The van der Waals surface area contributed by atoms with E-state index in [4.69, 9.17) is 5.73 Å². The van der Waals surface area contributed by atoms with Gasteiger partial charge in [0.15, 0.2) is 0 Å². The number of rotatable bonds is 7. The molecule has 0 saturated carbocycles.